The summed E-state index contributed by atoms with van der Waals surface area (Å²) in [7, 11) is 0. The van der Waals surface area contributed by atoms with E-state index in [9.17, 15) is 24.0 Å². The van der Waals surface area contributed by atoms with Gasteiger partial charge in [0.15, 0.2) is 0 Å². The quantitative estimate of drug-likeness (QED) is 0.0448. The zero-order valence-electron chi connectivity index (χ0n) is 44.4. The molecule has 0 aliphatic carbocycles. The number of carbonyl (C=O) groups is 5. The van der Waals surface area contributed by atoms with Crippen LogP contribution >= 0.6 is 0 Å². The number of rotatable bonds is 16. The van der Waals surface area contributed by atoms with Crippen LogP contribution in [0.15, 0.2) is 109 Å². The molecule has 6 aromatic rings. The van der Waals surface area contributed by atoms with Gasteiger partial charge in [-0.2, -0.15) is 0 Å². The van der Waals surface area contributed by atoms with Crippen molar-refractivity contribution in [2.45, 2.75) is 11.6 Å². The Balaban J connectivity index is 0.000000500. The van der Waals surface area contributed by atoms with Gasteiger partial charge >= 0.3 is 5.97 Å². The van der Waals surface area contributed by atoms with Crippen LogP contribution in [0.3, 0.4) is 0 Å². The highest BCUT2D eigenvalue weighted by Crippen LogP contribution is 2.20. The largest absolute Gasteiger partial charge is 0.508 e. The van der Waals surface area contributed by atoms with Crippen molar-refractivity contribution < 1.29 is 69.9 Å². The van der Waals surface area contributed by atoms with E-state index in [1.54, 1.807) is 18.2 Å². The number of carbonyl (C=O) groups excluding carboxylic acids is 4. The van der Waals surface area contributed by atoms with E-state index in [0.717, 1.165) is 0 Å². The number of aromatic carboxylic acids is 1. The lowest BCUT2D eigenvalue weighted by Gasteiger charge is -2.28. The normalized spacial score (nSPS) is 10.2. The Hall–Kier alpha value is -10.2. The SMILES string of the molecule is NC(=O)c1cc(N)cc(N)c1.Nc1cc(N)cc(C(=O)N(CCO)CCO)c1.Nc1cc(N)cc(C(=O)NC(CO)(CO)CO)c1.Nc1cc(N)cc(C(=O)NC(CO)CO)c1.Nc1cc(N)cc(C(=O)O)c1.Nc1cc(N)cc(O)c1. The molecule has 30 nitrogen and oxygen atoms in total. The fourth-order valence-electron chi connectivity index (χ4n) is 6.43. The number of phenolic OH excluding ortho intramolecular Hbond substituents is 1. The number of hydrogen-bond acceptors (Lipinski definition) is 25. The average Bonchev–Trinajstić information content (AvgIpc) is 3.38. The number of carboxylic acid groups (broad SMARTS) is 1. The molecule has 0 bridgehead atoms. The third kappa shape index (κ3) is 25.5. The van der Waals surface area contributed by atoms with Crippen molar-refractivity contribution >= 4 is 97.8 Å². The Bertz CT molecular complexity index is 2830. The van der Waals surface area contributed by atoms with Gasteiger partial charge in [-0.3, -0.25) is 19.2 Å². The van der Waals surface area contributed by atoms with E-state index in [0.29, 0.717) is 84.9 Å². The summed E-state index contributed by atoms with van der Waals surface area (Å²) >= 11 is 0. The van der Waals surface area contributed by atoms with Gasteiger partial charge < -0.3 is 136 Å². The van der Waals surface area contributed by atoms with Gasteiger partial charge in [-0.1, -0.05) is 0 Å². The van der Waals surface area contributed by atoms with Crippen LogP contribution in [-0.2, 0) is 0 Å². The summed E-state index contributed by atoms with van der Waals surface area (Å²) in [6, 6.07) is 25.9. The number of amides is 4. The van der Waals surface area contributed by atoms with Crippen molar-refractivity contribution in [3.63, 3.8) is 0 Å². The first-order valence-electron chi connectivity index (χ1n) is 23.8. The Morgan fingerprint density at radius 2 is 0.695 bits per heavy atom. The molecule has 0 saturated carbocycles. The van der Waals surface area contributed by atoms with Crippen molar-refractivity contribution in [1.82, 2.24) is 15.5 Å². The topological polar surface area (TPSA) is 633 Å². The van der Waals surface area contributed by atoms with Crippen molar-refractivity contribution in [3.8, 4) is 5.75 Å². The molecule has 0 aromatic heterocycles. The third-order valence-electron chi connectivity index (χ3n) is 10.2. The molecule has 30 heteroatoms. The number of nitrogens with two attached hydrogens (primary N) is 13. The molecule has 0 atom stereocenters. The van der Waals surface area contributed by atoms with Gasteiger partial charge in [0.1, 0.15) is 11.3 Å². The number of primary amides is 1. The molecule has 0 fully saturated rings. The number of phenols is 1. The first-order valence-corrected chi connectivity index (χ1v) is 23.8. The van der Waals surface area contributed by atoms with Gasteiger partial charge in [-0.25, -0.2) is 4.79 Å². The van der Waals surface area contributed by atoms with Gasteiger partial charge in [0.05, 0.1) is 57.9 Å². The summed E-state index contributed by atoms with van der Waals surface area (Å²) in [6.07, 6.45) is 0. The fourth-order valence-corrected chi connectivity index (χ4v) is 6.43. The summed E-state index contributed by atoms with van der Waals surface area (Å²) in [5.74, 6) is -2.79. The zero-order valence-corrected chi connectivity index (χ0v) is 44.4. The second-order valence-electron chi connectivity index (χ2n) is 17.5. The molecule has 82 heavy (non-hydrogen) atoms. The van der Waals surface area contributed by atoms with E-state index in [4.69, 9.17) is 120 Å². The van der Waals surface area contributed by atoms with Crippen LogP contribution in [0, 0.1) is 0 Å². The summed E-state index contributed by atoms with van der Waals surface area (Å²) < 4.78 is 0. The molecule has 0 aliphatic heterocycles. The van der Waals surface area contributed by atoms with E-state index in [1.165, 1.54) is 95.9 Å². The molecule has 0 spiro atoms. The van der Waals surface area contributed by atoms with Crippen molar-refractivity contribution in [2.75, 3.05) is 128 Å². The number of anilines is 12. The number of aromatic hydroxyl groups is 1. The van der Waals surface area contributed by atoms with E-state index >= 15 is 0 Å². The number of hydrogen-bond donors (Lipinski definition) is 24. The standard InChI is InChI=1S/C11H17N3O4.C11H17N3O3.C10H15N3O3.C7H9N3O.C7H8N2O2.C6H8N2O/c12-8-1-7(2-9(13)3-8)10(18)14-11(4-15,5-16)6-17;12-9-5-8(6-10(13)7-9)11(17)14(1-3-15)2-4-16;11-7-1-6(2-8(12)3-7)10(16)13-9(4-14)5-15;2*8-5-1-4(7(10)11)2-6(9)3-5;7-4-1-5(8)3-6(9)2-4/h1-3,15-17H,4-6,12-13H2,(H,14,18);5-7,15-16H,1-4,12-13H2;1-3,9,14-15H,4-5,11-12H2,(H,13,16);1-3H,8-9H2,(H2,10,11);1-3H,8-9H2,(H,10,11);1-3,9H,7-8H2. The first-order chi connectivity index (χ1) is 38.5. The minimum absolute atomic E-state index is 0.104. The first kappa shape index (κ1) is 69.8. The van der Waals surface area contributed by atoms with Gasteiger partial charge in [-0.05, 0) is 97.1 Å². The molecule has 0 aliphatic rings. The average molecular weight is 1150 g/mol. The van der Waals surface area contributed by atoms with Crippen LogP contribution in [0.25, 0.3) is 0 Å². The maximum Gasteiger partial charge on any atom is 0.335 e. The lowest BCUT2D eigenvalue weighted by Crippen LogP contribution is -2.57. The third-order valence-corrected chi connectivity index (χ3v) is 10.2. The van der Waals surface area contributed by atoms with Gasteiger partial charge in [0.25, 0.3) is 17.7 Å². The van der Waals surface area contributed by atoms with Crippen molar-refractivity contribution in [3.05, 3.63) is 137 Å². The smallest absolute Gasteiger partial charge is 0.335 e. The summed E-state index contributed by atoms with van der Waals surface area (Å²) in [5, 5.41) is 84.7. The number of nitrogens with zero attached hydrogens (tertiary/aromatic N) is 1. The highest BCUT2D eigenvalue weighted by molar-refractivity contribution is 5.98. The molecular weight excluding hydrogens is 1070 g/mol. The Kier molecular flexibility index (Phi) is 29.5. The number of aliphatic hydroxyl groups excluding tert-OH is 7. The lowest BCUT2D eigenvalue weighted by atomic mass is 10.0. The Morgan fingerprint density at radius 3 is 0.963 bits per heavy atom. The van der Waals surface area contributed by atoms with E-state index in [-0.39, 0.29) is 62.3 Å². The van der Waals surface area contributed by atoms with E-state index in [2.05, 4.69) is 10.6 Å². The molecule has 0 saturated heterocycles. The van der Waals surface area contributed by atoms with E-state index in [1.807, 2.05) is 0 Å². The summed E-state index contributed by atoms with van der Waals surface area (Å²) in [4.78, 5) is 57.9. The molecule has 0 radical (unpaired) electrons. The minimum Gasteiger partial charge on any atom is -0.508 e. The highest BCUT2D eigenvalue weighted by atomic mass is 16.4. The molecule has 0 heterocycles. The van der Waals surface area contributed by atoms with Crippen LogP contribution < -0.4 is 85.2 Å². The predicted octanol–water partition coefficient (Wildman–Crippen LogP) is -2.44. The monoisotopic (exact) mass is 1150 g/mol. The van der Waals surface area contributed by atoms with Crippen LogP contribution in [0.2, 0.25) is 0 Å². The molecule has 446 valence electrons. The minimum atomic E-state index is -1.48. The highest BCUT2D eigenvalue weighted by Gasteiger charge is 2.30. The number of carboxylic acids is 1. The second kappa shape index (κ2) is 34.6. The Morgan fingerprint density at radius 1 is 0.415 bits per heavy atom. The van der Waals surface area contributed by atoms with Crippen LogP contribution in [0.1, 0.15) is 51.8 Å². The van der Waals surface area contributed by atoms with E-state index < -0.39 is 55.1 Å². The fraction of sp³-hybridized carbons (Fsp3) is 0.212. The molecule has 37 N–H and O–H groups in total. The predicted molar refractivity (Wildman–Crippen MR) is 316 cm³/mol. The van der Waals surface area contributed by atoms with Gasteiger partial charge in [0.2, 0.25) is 5.91 Å². The van der Waals surface area contributed by atoms with Crippen molar-refractivity contribution in [1.29, 1.82) is 0 Å². The van der Waals surface area contributed by atoms with Crippen molar-refractivity contribution in [2.24, 2.45) is 5.73 Å². The summed E-state index contributed by atoms with van der Waals surface area (Å²) in [6.45, 7) is -2.45. The van der Waals surface area contributed by atoms with Crippen LogP contribution in [0.4, 0.5) is 68.2 Å². The summed E-state index contributed by atoms with van der Waals surface area (Å²) in [5.41, 5.74) is 75.1. The zero-order chi connectivity index (χ0) is 62.4. The lowest BCUT2D eigenvalue weighted by molar-refractivity contribution is 0.0375. The number of nitrogen functional groups attached to an aromatic ring is 12. The molecule has 0 unspecified atom stereocenters. The Labute approximate surface area is 470 Å². The van der Waals surface area contributed by atoms with Gasteiger partial charge in [-0.15, -0.1) is 0 Å². The molecule has 6 aromatic carbocycles. The number of nitrogens with one attached hydrogen (secondary N) is 2. The molecule has 4 amide bonds. The maximum atomic E-state index is 12.0. The number of aliphatic hydroxyl groups is 7. The number of benzene rings is 6. The molecular formula is C52H74N16O14. The van der Waals surface area contributed by atoms with Gasteiger partial charge in [0, 0.05) is 116 Å². The van der Waals surface area contributed by atoms with Crippen LogP contribution in [0.5, 0.6) is 5.75 Å². The maximum absolute atomic E-state index is 12.0. The van der Waals surface area contributed by atoms with Crippen LogP contribution in [-0.4, -0.2) is 151 Å². The molecule has 6 rings (SSSR count). The second-order valence-corrected chi connectivity index (χ2v) is 17.5.